The highest BCUT2D eigenvalue weighted by Crippen LogP contribution is 2.20. The molecule has 0 aliphatic rings. The first kappa shape index (κ1) is 12.7. The molecule has 0 fully saturated rings. The fourth-order valence-corrected chi connectivity index (χ4v) is 1.16. The average molecular weight is 230 g/mol. The van der Waals surface area contributed by atoms with Gasteiger partial charge in [0.2, 0.25) is 0 Å². The minimum Gasteiger partial charge on any atom is -0.476 e. The van der Waals surface area contributed by atoms with Crippen LogP contribution in [0.2, 0.25) is 0 Å². The Kier molecular flexibility index (Phi) is 4.95. The van der Waals surface area contributed by atoms with Crippen molar-refractivity contribution >= 4 is 5.82 Å². The molecule has 16 heavy (non-hydrogen) atoms. The number of nitrogens with zero attached hydrogens (tertiary/aromatic N) is 1. The van der Waals surface area contributed by atoms with Crippen molar-refractivity contribution in [3.8, 4) is 5.88 Å². The first-order chi connectivity index (χ1) is 7.69. The van der Waals surface area contributed by atoms with Gasteiger partial charge in [-0.25, -0.2) is 8.78 Å². The van der Waals surface area contributed by atoms with E-state index >= 15 is 0 Å². The predicted molar refractivity (Wildman–Crippen MR) is 58.7 cm³/mol. The third-order valence-corrected chi connectivity index (χ3v) is 1.98. The molecule has 0 saturated carbocycles. The van der Waals surface area contributed by atoms with Crippen molar-refractivity contribution in [2.75, 3.05) is 18.5 Å². The van der Waals surface area contributed by atoms with Gasteiger partial charge in [0.15, 0.2) is 17.5 Å². The number of halogens is 2. The number of hydrogen-bond donors (Lipinski definition) is 1. The van der Waals surface area contributed by atoms with Crippen LogP contribution < -0.4 is 10.1 Å². The molecule has 1 aromatic rings. The molecule has 1 N–H and O–H groups in total. The summed E-state index contributed by atoms with van der Waals surface area (Å²) in [6.45, 7) is 4.71. The molecular weight excluding hydrogens is 214 g/mol. The van der Waals surface area contributed by atoms with Gasteiger partial charge in [-0.05, 0) is 13.3 Å². The van der Waals surface area contributed by atoms with E-state index in [2.05, 4.69) is 10.3 Å². The summed E-state index contributed by atoms with van der Waals surface area (Å²) in [5.74, 6) is -1.60. The maximum atomic E-state index is 13.2. The van der Waals surface area contributed by atoms with Crippen molar-refractivity contribution in [3.63, 3.8) is 0 Å². The van der Waals surface area contributed by atoms with Gasteiger partial charge in [0.1, 0.15) is 0 Å². The van der Waals surface area contributed by atoms with Gasteiger partial charge < -0.3 is 10.1 Å². The van der Waals surface area contributed by atoms with Crippen molar-refractivity contribution in [2.45, 2.75) is 26.7 Å². The largest absolute Gasteiger partial charge is 0.476 e. The normalized spacial score (nSPS) is 10.2. The third-order valence-electron chi connectivity index (χ3n) is 1.98. The number of anilines is 1. The van der Waals surface area contributed by atoms with Gasteiger partial charge in [-0.2, -0.15) is 4.98 Å². The van der Waals surface area contributed by atoms with Crippen LogP contribution in [0.3, 0.4) is 0 Å². The molecule has 5 heteroatoms. The van der Waals surface area contributed by atoms with Crippen molar-refractivity contribution in [3.05, 3.63) is 17.7 Å². The number of unbranched alkanes of at least 4 members (excludes halogenated alkanes) is 1. The lowest BCUT2D eigenvalue weighted by molar-refractivity contribution is 0.281. The fraction of sp³-hybridized carbons (Fsp3) is 0.545. The molecule has 1 rings (SSSR count). The summed E-state index contributed by atoms with van der Waals surface area (Å²) in [4.78, 5) is 3.75. The van der Waals surface area contributed by atoms with E-state index in [9.17, 15) is 8.78 Å². The van der Waals surface area contributed by atoms with E-state index in [1.807, 2.05) is 13.8 Å². The monoisotopic (exact) mass is 230 g/mol. The second-order valence-electron chi connectivity index (χ2n) is 3.34. The Morgan fingerprint density at radius 1 is 1.31 bits per heavy atom. The molecule has 0 atom stereocenters. The molecule has 3 nitrogen and oxygen atoms in total. The highest BCUT2D eigenvalue weighted by Gasteiger charge is 2.12. The van der Waals surface area contributed by atoms with Crippen LogP contribution in [0.4, 0.5) is 14.6 Å². The van der Waals surface area contributed by atoms with Gasteiger partial charge in [0.25, 0.3) is 5.88 Å². The molecule has 0 bridgehead atoms. The summed E-state index contributed by atoms with van der Waals surface area (Å²) in [6.07, 6.45) is 1.76. The zero-order chi connectivity index (χ0) is 12.0. The van der Waals surface area contributed by atoms with E-state index in [0.717, 1.165) is 18.9 Å². The van der Waals surface area contributed by atoms with Crippen molar-refractivity contribution in [1.82, 2.24) is 4.98 Å². The first-order valence-electron chi connectivity index (χ1n) is 5.41. The second-order valence-corrected chi connectivity index (χ2v) is 3.34. The van der Waals surface area contributed by atoms with Gasteiger partial charge in [-0.15, -0.1) is 0 Å². The molecule has 0 aliphatic heterocycles. The van der Waals surface area contributed by atoms with E-state index in [1.165, 1.54) is 0 Å². The van der Waals surface area contributed by atoms with E-state index in [0.29, 0.717) is 13.2 Å². The lowest BCUT2D eigenvalue weighted by Crippen LogP contribution is -2.07. The number of nitrogens with one attached hydrogen (secondary N) is 1. The maximum absolute atomic E-state index is 13.2. The highest BCUT2D eigenvalue weighted by atomic mass is 19.1. The number of hydrogen-bond acceptors (Lipinski definition) is 3. The summed E-state index contributed by atoms with van der Waals surface area (Å²) in [7, 11) is 0. The highest BCUT2D eigenvalue weighted by molar-refractivity contribution is 5.39. The maximum Gasteiger partial charge on any atom is 0.252 e. The minimum atomic E-state index is -0.768. The molecule has 0 aliphatic carbocycles. The average Bonchev–Trinajstić information content (AvgIpc) is 2.25. The van der Waals surface area contributed by atoms with Gasteiger partial charge in [0.05, 0.1) is 6.61 Å². The summed E-state index contributed by atoms with van der Waals surface area (Å²) in [5, 5.41) is 2.70. The Labute approximate surface area is 93.8 Å². The van der Waals surface area contributed by atoms with Gasteiger partial charge in [-0.1, -0.05) is 13.3 Å². The van der Waals surface area contributed by atoms with Gasteiger partial charge >= 0.3 is 0 Å². The smallest absolute Gasteiger partial charge is 0.252 e. The van der Waals surface area contributed by atoms with E-state index in [1.54, 1.807) is 0 Å². The van der Waals surface area contributed by atoms with Gasteiger partial charge in [0, 0.05) is 12.6 Å². The Balaban J connectivity index is 2.78. The molecule has 90 valence electrons. The lowest BCUT2D eigenvalue weighted by Gasteiger charge is -2.09. The number of ether oxygens (including phenoxy) is 1. The summed E-state index contributed by atoms with van der Waals surface area (Å²) in [5.41, 5.74) is 0. The molecule has 0 spiro atoms. The zero-order valence-corrected chi connectivity index (χ0v) is 9.52. The van der Waals surface area contributed by atoms with Crippen LogP contribution in [-0.2, 0) is 0 Å². The quantitative estimate of drug-likeness (QED) is 0.763. The van der Waals surface area contributed by atoms with E-state index in [-0.39, 0.29) is 11.7 Å². The van der Waals surface area contributed by atoms with Crippen molar-refractivity contribution in [1.29, 1.82) is 0 Å². The molecule has 0 radical (unpaired) electrons. The first-order valence-corrected chi connectivity index (χ1v) is 5.41. The third kappa shape index (κ3) is 3.32. The van der Waals surface area contributed by atoms with Crippen LogP contribution in [0, 0.1) is 11.6 Å². The number of aromatic nitrogens is 1. The van der Waals surface area contributed by atoms with Gasteiger partial charge in [-0.3, -0.25) is 0 Å². The van der Waals surface area contributed by atoms with Crippen LogP contribution >= 0.6 is 0 Å². The summed E-state index contributed by atoms with van der Waals surface area (Å²) in [6, 6.07) is 0.784. The fourth-order valence-electron chi connectivity index (χ4n) is 1.16. The Hall–Kier alpha value is -1.39. The number of pyridine rings is 1. The molecule has 0 saturated heterocycles. The Morgan fingerprint density at radius 3 is 2.69 bits per heavy atom. The molecule has 0 amide bonds. The predicted octanol–water partition coefficient (Wildman–Crippen LogP) is 2.97. The Bertz CT molecular complexity index is 345. The van der Waals surface area contributed by atoms with Crippen LogP contribution in [0.15, 0.2) is 6.07 Å². The van der Waals surface area contributed by atoms with Crippen LogP contribution in [-0.4, -0.2) is 18.1 Å². The van der Waals surface area contributed by atoms with E-state index in [4.69, 9.17) is 4.74 Å². The summed E-state index contributed by atoms with van der Waals surface area (Å²) >= 11 is 0. The topological polar surface area (TPSA) is 34.1 Å². The van der Waals surface area contributed by atoms with E-state index < -0.39 is 11.6 Å². The molecule has 0 unspecified atom stereocenters. The van der Waals surface area contributed by atoms with Crippen LogP contribution in [0.5, 0.6) is 5.88 Å². The van der Waals surface area contributed by atoms with Crippen molar-refractivity contribution < 1.29 is 13.5 Å². The molecule has 0 aromatic carbocycles. The van der Waals surface area contributed by atoms with Crippen LogP contribution in [0.1, 0.15) is 26.7 Å². The zero-order valence-electron chi connectivity index (χ0n) is 9.52. The second kappa shape index (κ2) is 6.25. The SMILES string of the molecule is CCCCOc1nc(NCC)c(F)cc1F. The number of rotatable bonds is 6. The minimum absolute atomic E-state index is 0.0235. The lowest BCUT2D eigenvalue weighted by atomic mass is 10.3. The molecular formula is C11H16F2N2O. The summed E-state index contributed by atoms with van der Waals surface area (Å²) < 4.78 is 31.6. The molecule has 1 heterocycles. The van der Waals surface area contributed by atoms with Crippen molar-refractivity contribution in [2.24, 2.45) is 0 Å². The Morgan fingerprint density at radius 2 is 2.06 bits per heavy atom. The molecule has 1 aromatic heterocycles. The van der Waals surface area contributed by atoms with Crippen LogP contribution in [0.25, 0.3) is 0 Å². The standard InChI is InChI=1S/C11H16F2N2O/c1-3-5-6-16-11-9(13)7-8(12)10(15-11)14-4-2/h7H,3-6H2,1-2H3,(H,14,15).